The number of aliphatic hydroxyl groups is 1. The number of piperazine rings is 1. The average Bonchev–Trinajstić information content (AvgIpc) is 2.95. The van der Waals surface area contributed by atoms with Gasteiger partial charge in [-0.15, -0.1) is 0 Å². The van der Waals surface area contributed by atoms with E-state index in [1.807, 2.05) is 97.0 Å². The maximum absolute atomic E-state index is 12.7. The third kappa shape index (κ3) is 12.2. The zero-order chi connectivity index (χ0) is 29.3. The van der Waals surface area contributed by atoms with Gasteiger partial charge in [-0.2, -0.15) is 0 Å². The Kier molecular flexibility index (Phi) is 16.0. The molecule has 0 aromatic heterocycles. The number of hydrogen-bond donors (Lipinski definition) is 1. The minimum absolute atomic E-state index is 0.0318. The van der Waals surface area contributed by atoms with Gasteiger partial charge >= 0.3 is 6.09 Å². The van der Waals surface area contributed by atoms with Crippen LogP contribution in [-0.2, 0) is 16.1 Å². The van der Waals surface area contributed by atoms with Gasteiger partial charge in [0, 0.05) is 38.3 Å². The molecule has 2 aromatic rings. The summed E-state index contributed by atoms with van der Waals surface area (Å²) in [5.74, 6) is 1.57. The van der Waals surface area contributed by atoms with Gasteiger partial charge in [0.05, 0.1) is 33.0 Å². The quantitative estimate of drug-likeness (QED) is 0.358. The Morgan fingerprint density at radius 3 is 2.13 bits per heavy atom. The fourth-order valence-corrected chi connectivity index (χ4v) is 3.85. The summed E-state index contributed by atoms with van der Waals surface area (Å²) in [6.45, 7) is 16.9. The summed E-state index contributed by atoms with van der Waals surface area (Å²) >= 11 is 0. The molecule has 1 saturated heterocycles. The molecular formula is C31H50N2O6. The van der Waals surface area contributed by atoms with E-state index in [1.165, 1.54) is 0 Å². The molecule has 8 nitrogen and oxygen atoms in total. The first-order valence-corrected chi connectivity index (χ1v) is 14.1. The van der Waals surface area contributed by atoms with Crippen LogP contribution in [0.3, 0.4) is 0 Å². The van der Waals surface area contributed by atoms with Crippen LogP contribution in [0.1, 0.15) is 60.5 Å². The zero-order valence-electron chi connectivity index (χ0n) is 25.2. The van der Waals surface area contributed by atoms with Crippen molar-refractivity contribution in [3.8, 4) is 11.5 Å². The Balaban J connectivity index is 0.00000181. The van der Waals surface area contributed by atoms with Crippen molar-refractivity contribution in [3.05, 3.63) is 54.1 Å². The largest absolute Gasteiger partial charge is 0.497 e. The lowest BCUT2D eigenvalue weighted by atomic mass is 10.1. The standard InChI is InChI=1S/C27H38N2O6.2C2H6/c1-27(2,3)35-26(31)28-14-15-29(22-8-12-25(13-9-22)34-17-5-16-30)23(18-28)20-33-19-21-6-10-24(32-4)11-7-21;2*1-2/h6-13,23,30H,5,14-20H2,1-4H3;2*1-2H3/t23-;;/m1../s1. The van der Waals surface area contributed by atoms with Crippen LogP contribution in [0.25, 0.3) is 0 Å². The Hall–Kier alpha value is -2.97. The second-order valence-corrected chi connectivity index (χ2v) is 9.56. The Labute approximate surface area is 235 Å². The van der Waals surface area contributed by atoms with Gasteiger partial charge in [-0.1, -0.05) is 39.8 Å². The summed E-state index contributed by atoms with van der Waals surface area (Å²) < 4.78 is 22.6. The van der Waals surface area contributed by atoms with Gasteiger partial charge in [-0.25, -0.2) is 4.79 Å². The van der Waals surface area contributed by atoms with E-state index in [0.29, 0.717) is 45.9 Å². The normalized spacial score (nSPS) is 14.8. The minimum atomic E-state index is -0.541. The van der Waals surface area contributed by atoms with Crippen LogP contribution in [0, 0.1) is 0 Å². The highest BCUT2D eigenvalue weighted by Crippen LogP contribution is 2.25. The second kappa shape index (κ2) is 18.3. The second-order valence-electron chi connectivity index (χ2n) is 9.56. The highest BCUT2D eigenvalue weighted by Gasteiger charge is 2.32. The van der Waals surface area contributed by atoms with E-state index in [2.05, 4.69) is 4.90 Å². The van der Waals surface area contributed by atoms with Crippen molar-refractivity contribution in [2.75, 3.05) is 51.5 Å². The molecule has 3 rings (SSSR count). The van der Waals surface area contributed by atoms with Crippen LogP contribution in [0.15, 0.2) is 48.5 Å². The zero-order valence-corrected chi connectivity index (χ0v) is 25.2. The number of anilines is 1. The molecule has 2 aromatic carbocycles. The van der Waals surface area contributed by atoms with Crippen molar-refractivity contribution in [1.29, 1.82) is 0 Å². The summed E-state index contributed by atoms with van der Waals surface area (Å²) in [6, 6.07) is 15.7. The predicted octanol–water partition coefficient (Wildman–Crippen LogP) is 6.15. The molecule has 1 aliphatic heterocycles. The summed E-state index contributed by atoms with van der Waals surface area (Å²) in [5, 5.41) is 8.94. The predicted molar refractivity (Wildman–Crippen MR) is 158 cm³/mol. The molecule has 1 fully saturated rings. The average molecular weight is 547 g/mol. The Morgan fingerprint density at radius 2 is 1.56 bits per heavy atom. The number of nitrogens with zero attached hydrogens (tertiary/aromatic N) is 2. The van der Waals surface area contributed by atoms with Crippen molar-refractivity contribution in [2.45, 2.75) is 73.1 Å². The molecule has 1 heterocycles. The first-order valence-electron chi connectivity index (χ1n) is 14.1. The third-order valence-corrected chi connectivity index (χ3v) is 5.61. The summed E-state index contributed by atoms with van der Waals surface area (Å²) in [5.41, 5.74) is 1.56. The van der Waals surface area contributed by atoms with Crippen LogP contribution in [0.2, 0.25) is 0 Å². The molecular weight excluding hydrogens is 496 g/mol. The monoisotopic (exact) mass is 546 g/mol. The number of benzene rings is 2. The first kappa shape index (κ1) is 34.1. The maximum Gasteiger partial charge on any atom is 0.410 e. The smallest absolute Gasteiger partial charge is 0.410 e. The number of amides is 1. The van der Waals surface area contributed by atoms with Gasteiger partial charge in [0.15, 0.2) is 0 Å². The highest BCUT2D eigenvalue weighted by molar-refractivity contribution is 5.69. The maximum atomic E-state index is 12.7. The Bertz CT molecular complexity index is 912. The van der Waals surface area contributed by atoms with Crippen molar-refractivity contribution in [3.63, 3.8) is 0 Å². The summed E-state index contributed by atoms with van der Waals surface area (Å²) in [4.78, 5) is 16.8. The van der Waals surface area contributed by atoms with Crippen molar-refractivity contribution in [2.24, 2.45) is 0 Å². The van der Waals surface area contributed by atoms with Crippen LogP contribution in [0.5, 0.6) is 11.5 Å². The SMILES string of the molecule is CC.CC.COc1ccc(COC[C@H]2CN(C(=O)OC(C)(C)C)CCN2c2ccc(OCCCO)cc2)cc1. The summed E-state index contributed by atoms with van der Waals surface area (Å²) in [7, 11) is 1.65. The molecule has 0 saturated carbocycles. The van der Waals surface area contributed by atoms with Crippen LogP contribution in [-0.4, -0.2) is 74.3 Å². The van der Waals surface area contributed by atoms with Crippen molar-refractivity contribution < 1.29 is 28.8 Å². The fraction of sp³-hybridized carbons (Fsp3) is 0.581. The van der Waals surface area contributed by atoms with Crippen LogP contribution in [0.4, 0.5) is 10.5 Å². The van der Waals surface area contributed by atoms with Gasteiger partial charge in [0.2, 0.25) is 0 Å². The van der Waals surface area contributed by atoms with Gasteiger partial charge in [-0.3, -0.25) is 0 Å². The molecule has 0 unspecified atom stereocenters. The first-order chi connectivity index (χ1) is 18.8. The third-order valence-electron chi connectivity index (χ3n) is 5.61. The van der Waals surface area contributed by atoms with Crippen LogP contribution >= 0.6 is 0 Å². The Morgan fingerprint density at radius 1 is 0.949 bits per heavy atom. The number of ether oxygens (including phenoxy) is 4. The van der Waals surface area contributed by atoms with Gasteiger partial charge in [0.25, 0.3) is 0 Å². The van der Waals surface area contributed by atoms with E-state index in [-0.39, 0.29) is 18.7 Å². The lowest BCUT2D eigenvalue weighted by molar-refractivity contribution is 0.0162. The van der Waals surface area contributed by atoms with E-state index in [9.17, 15) is 4.79 Å². The van der Waals surface area contributed by atoms with E-state index in [0.717, 1.165) is 22.7 Å². The topological polar surface area (TPSA) is 80.7 Å². The number of aliphatic hydroxyl groups excluding tert-OH is 1. The lowest BCUT2D eigenvalue weighted by Crippen LogP contribution is -2.57. The molecule has 0 bridgehead atoms. The number of rotatable bonds is 10. The van der Waals surface area contributed by atoms with Crippen molar-refractivity contribution >= 4 is 11.8 Å². The number of carbonyl (C=O) groups excluding carboxylic acids is 1. The number of hydrogen-bond acceptors (Lipinski definition) is 7. The fourth-order valence-electron chi connectivity index (χ4n) is 3.85. The molecule has 1 aliphatic rings. The van der Waals surface area contributed by atoms with Gasteiger partial charge in [0.1, 0.15) is 17.1 Å². The lowest BCUT2D eigenvalue weighted by Gasteiger charge is -2.42. The van der Waals surface area contributed by atoms with E-state index in [1.54, 1.807) is 12.0 Å². The van der Waals surface area contributed by atoms with E-state index < -0.39 is 5.60 Å². The van der Waals surface area contributed by atoms with E-state index in [4.69, 9.17) is 24.1 Å². The molecule has 8 heteroatoms. The van der Waals surface area contributed by atoms with Gasteiger partial charge < -0.3 is 33.9 Å². The van der Waals surface area contributed by atoms with Crippen molar-refractivity contribution in [1.82, 2.24) is 4.90 Å². The molecule has 1 N–H and O–H groups in total. The van der Waals surface area contributed by atoms with Gasteiger partial charge in [-0.05, 0) is 62.7 Å². The summed E-state index contributed by atoms with van der Waals surface area (Å²) in [6.07, 6.45) is 0.298. The van der Waals surface area contributed by atoms with E-state index >= 15 is 0 Å². The molecule has 220 valence electrons. The molecule has 0 radical (unpaired) electrons. The molecule has 0 spiro atoms. The number of methoxy groups -OCH3 is 1. The van der Waals surface area contributed by atoms with Crippen LogP contribution < -0.4 is 14.4 Å². The molecule has 0 aliphatic carbocycles. The molecule has 1 atom stereocenters. The highest BCUT2D eigenvalue weighted by atomic mass is 16.6. The molecule has 1 amide bonds. The molecule has 39 heavy (non-hydrogen) atoms. The minimum Gasteiger partial charge on any atom is -0.497 e. The number of carbonyl (C=O) groups is 1.